The van der Waals surface area contributed by atoms with Crippen molar-refractivity contribution in [2.45, 2.75) is 10.3 Å². The largest absolute Gasteiger partial charge is 0.291 e. The van der Waals surface area contributed by atoms with Crippen LogP contribution in [0.4, 0.5) is 10.1 Å². The lowest BCUT2D eigenvalue weighted by molar-refractivity contribution is 0.0979. The molecule has 2 nitrogen and oxygen atoms in total. The predicted molar refractivity (Wildman–Crippen MR) is 94.7 cm³/mol. The molecule has 0 saturated carbocycles. The summed E-state index contributed by atoms with van der Waals surface area (Å²) in [5, 5.41) is -0.300. The van der Waals surface area contributed by atoms with E-state index in [1.807, 2.05) is 60.7 Å². The number of halogens is 1. The highest BCUT2D eigenvalue weighted by Gasteiger charge is 2.35. The van der Waals surface area contributed by atoms with Gasteiger partial charge in [-0.15, -0.1) is 0 Å². The molecule has 1 heterocycles. The van der Waals surface area contributed by atoms with Crippen molar-refractivity contribution in [1.82, 2.24) is 0 Å². The quantitative estimate of drug-likeness (QED) is 0.635. The Labute approximate surface area is 143 Å². The Hall–Kier alpha value is -2.59. The number of nitrogens with zero attached hydrogens (tertiary/aromatic N) is 1. The maximum atomic E-state index is 13.7. The summed E-state index contributed by atoms with van der Waals surface area (Å²) in [6, 6.07) is 23.5. The van der Waals surface area contributed by atoms with Crippen LogP contribution in [-0.2, 0) is 0 Å². The van der Waals surface area contributed by atoms with Crippen LogP contribution >= 0.6 is 11.8 Å². The number of carbonyl (C=O) groups excluding carboxylic acids is 1. The Bertz CT molecular complexity index is 897. The van der Waals surface area contributed by atoms with Crippen LogP contribution in [0.5, 0.6) is 0 Å². The van der Waals surface area contributed by atoms with Gasteiger partial charge in [0.1, 0.15) is 11.2 Å². The molecule has 0 aliphatic carbocycles. The van der Waals surface area contributed by atoms with Gasteiger partial charge < -0.3 is 0 Å². The molecular formula is C20H14FNOS. The fourth-order valence-corrected chi connectivity index (χ4v) is 4.16. The fourth-order valence-electron chi connectivity index (χ4n) is 2.87. The number of rotatable bonds is 2. The number of hydrogen-bond acceptors (Lipinski definition) is 2. The van der Waals surface area contributed by atoms with Crippen molar-refractivity contribution in [3.63, 3.8) is 0 Å². The zero-order chi connectivity index (χ0) is 16.5. The molecule has 1 aliphatic rings. The second-order valence-electron chi connectivity index (χ2n) is 5.53. The average Bonchev–Trinajstić information content (AvgIpc) is 2.62. The number of amides is 1. The predicted octanol–water partition coefficient (Wildman–Crippen LogP) is 5.28. The molecular weight excluding hydrogens is 321 g/mol. The van der Waals surface area contributed by atoms with E-state index >= 15 is 0 Å². The van der Waals surface area contributed by atoms with Crippen LogP contribution in [0.1, 0.15) is 21.3 Å². The minimum Gasteiger partial charge on any atom is -0.291 e. The minimum absolute atomic E-state index is 0.0650. The van der Waals surface area contributed by atoms with E-state index in [-0.39, 0.29) is 17.1 Å². The van der Waals surface area contributed by atoms with Crippen molar-refractivity contribution in [3.05, 3.63) is 95.8 Å². The average molecular weight is 335 g/mol. The third-order valence-corrected chi connectivity index (χ3v) is 5.29. The first-order chi connectivity index (χ1) is 11.7. The van der Waals surface area contributed by atoms with E-state index in [1.54, 1.807) is 22.7 Å². The fraction of sp³-hybridized carbons (Fsp3) is 0.0500. The smallest absolute Gasteiger partial charge is 0.260 e. The van der Waals surface area contributed by atoms with Gasteiger partial charge in [0.15, 0.2) is 0 Å². The van der Waals surface area contributed by atoms with Gasteiger partial charge in [0, 0.05) is 10.6 Å². The van der Waals surface area contributed by atoms with Gasteiger partial charge in [0.25, 0.3) is 5.91 Å². The molecule has 1 aliphatic heterocycles. The Morgan fingerprint density at radius 3 is 2.42 bits per heavy atom. The molecule has 118 valence electrons. The van der Waals surface area contributed by atoms with Crippen molar-refractivity contribution in [2.75, 3.05) is 4.90 Å². The van der Waals surface area contributed by atoms with E-state index < -0.39 is 0 Å². The Morgan fingerprint density at radius 2 is 1.62 bits per heavy atom. The summed E-state index contributed by atoms with van der Waals surface area (Å²) in [6.07, 6.45) is 0. The maximum absolute atomic E-state index is 13.7. The number of carbonyl (C=O) groups is 1. The summed E-state index contributed by atoms with van der Waals surface area (Å²) in [6.45, 7) is 0. The summed E-state index contributed by atoms with van der Waals surface area (Å²) in [4.78, 5) is 15.8. The molecule has 0 spiro atoms. The van der Waals surface area contributed by atoms with Gasteiger partial charge in [0.05, 0.1) is 5.56 Å². The summed E-state index contributed by atoms with van der Waals surface area (Å²) in [7, 11) is 0. The monoisotopic (exact) mass is 335 g/mol. The Balaban J connectivity index is 1.87. The van der Waals surface area contributed by atoms with Crippen molar-refractivity contribution in [3.8, 4) is 0 Å². The molecule has 4 heteroatoms. The number of hydrogen-bond donors (Lipinski definition) is 0. The Kier molecular flexibility index (Phi) is 3.82. The number of fused-ring (bicyclic) bond motifs is 1. The van der Waals surface area contributed by atoms with E-state index in [1.165, 1.54) is 12.1 Å². The topological polar surface area (TPSA) is 20.3 Å². The first-order valence-corrected chi connectivity index (χ1v) is 8.52. The molecule has 0 bridgehead atoms. The zero-order valence-corrected chi connectivity index (χ0v) is 13.5. The first kappa shape index (κ1) is 15.0. The van der Waals surface area contributed by atoms with Crippen LogP contribution in [0.2, 0.25) is 0 Å². The van der Waals surface area contributed by atoms with E-state index in [2.05, 4.69) is 0 Å². The maximum Gasteiger partial charge on any atom is 0.260 e. The summed E-state index contributed by atoms with van der Waals surface area (Å²) in [5.41, 5.74) is 2.25. The van der Waals surface area contributed by atoms with E-state index in [4.69, 9.17) is 0 Å². The van der Waals surface area contributed by atoms with Crippen LogP contribution in [0.25, 0.3) is 0 Å². The zero-order valence-electron chi connectivity index (χ0n) is 12.7. The summed E-state index contributed by atoms with van der Waals surface area (Å²) >= 11 is 1.56. The molecule has 4 rings (SSSR count). The van der Waals surface area contributed by atoms with Gasteiger partial charge in [-0.05, 0) is 42.0 Å². The number of thioether (sulfide) groups is 1. The second-order valence-corrected chi connectivity index (χ2v) is 6.65. The van der Waals surface area contributed by atoms with E-state index in [0.717, 1.165) is 16.1 Å². The molecule has 3 aromatic carbocycles. The SMILES string of the molecule is O=C1c2ccccc2SC(c2cccc(F)c2)N1c1ccccc1. The van der Waals surface area contributed by atoms with Gasteiger partial charge in [0.2, 0.25) is 0 Å². The lowest BCUT2D eigenvalue weighted by Gasteiger charge is -2.36. The first-order valence-electron chi connectivity index (χ1n) is 7.64. The van der Waals surface area contributed by atoms with Crippen LogP contribution in [0, 0.1) is 5.82 Å². The number of benzene rings is 3. The molecule has 1 amide bonds. The standard InChI is InChI=1S/C20H14FNOS/c21-15-8-6-7-14(13-15)20-22(16-9-2-1-3-10-16)19(23)17-11-4-5-12-18(17)24-20/h1-13,20H. The van der Waals surface area contributed by atoms with Gasteiger partial charge in [-0.2, -0.15) is 0 Å². The van der Waals surface area contributed by atoms with Crippen LogP contribution in [0.15, 0.2) is 83.8 Å². The van der Waals surface area contributed by atoms with E-state index in [0.29, 0.717) is 5.56 Å². The highest BCUT2D eigenvalue weighted by Crippen LogP contribution is 2.46. The minimum atomic E-state index is -0.300. The van der Waals surface area contributed by atoms with Crippen LogP contribution in [0.3, 0.4) is 0 Å². The highest BCUT2D eigenvalue weighted by atomic mass is 32.2. The Morgan fingerprint density at radius 1 is 0.875 bits per heavy atom. The molecule has 0 N–H and O–H groups in total. The summed E-state index contributed by atoms with van der Waals surface area (Å²) < 4.78 is 13.7. The highest BCUT2D eigenvalue weighted by molar-refractivity contribution is 7.99. The van der Waals surface area contributed by atoms with E-state index in [9.17, 15) is 9.18 Å². The van der Waals surface area contributed by atoms with Crippen LogP contribution < -0.4 is 4.90 Å². The molecule has 0 fully saturated rings. The number of para-hydroxylation sites is 1. The molecule has 3 aromatic rings. The third-order valence-electron chi connectivity index (χ3n) is 3.98. The molecule has 1 unspecified atom stereocenters. The van der Waals surface area contributed by atoms with Crippen molar-refractivity contribution < 1.29 is 9.18 Å². The molecule has 0 saturated heterocycles. The van der Waals surface area contributed by atoms with Crippen LogP contribution in [-0.4, -0.2) is 5.91 Å². The number of anilines is 1. The van der Waals surface area contributed by atoms with Crippen molar-refractivity contribution >= 4 is 23.4 Å². The molecule has 0 aromatic heterocycles. The molecule has 1 atom stereocenters. The van der Waals surface area contributed by atoms with Gasteiger partial charge in [-0.25, -0.2) is 4.39 Å². The summed E-state index contributed by atoms with van der Waals surface area (Å²) in [5.74, 6) is -0.364. The second kappa shape index (κ2) is 6.13. The molecule has 0 radical (unpaired) electrons. The van der Waals surface area contributed by atoms with Crippen molar-refractivity contribution in [1.29, 1.82) is 0 Å². The lowest BCUT2D eigenvalue weighted by Crippen LogP contribution is -2.36. The lowest BCUT2D eigenvalue weighted by atomic mass is 10.1. The molecule has 24 heavy (non-hydrogen) atoms. The van der Waals surface area contributed by atoms with Crippen molar-refractivity contribution in [2.24, 2.45) is 0 Å². The third kappa shape index (κ3) is 2.59. The normalized spacial score (nSPS) is 16.8. The van der Waals surface area contributed by atoms with Gasteiger partial charge >= 0.3 is 0 Å². The van der Waals surface area contributed by atoms with Gasteiger partial charge in [-0.1, -0.05) is 54.2 Å². The van der Waals surface area contributed by atoms with Gasteiger partial charge in [-0.3, -0.25) is 9.69 Å².